The van der Waals surface area contributed by atoms with Gasteiger partial charge in [0.25, 0.3) is 5.91 Å². The molecule has 1 amide bonds. The molecular weight excluding hydrogens is 374 g/mol. The molecule has 2 atom stereocenters. The third-order valence-electron chi connectivity index (χ3n) is 5.83. The molecule has 1 saturated carbocycles. The number of para-hydroxylation sites is 1. The van der Waals surface area contributed by atoms with Crippen LogP contribution in [-0.2, 0) is 0 Å². The molecule has 0 spiro atoms. The van der Waals surface area contributed by atoms with Crippen molar-refractivity contribution in [3.8, 4) is 5.75 Å². The van der Waals surface area contributed by atoms with Gasteiger partial charge in [-0.2, -0.15) is 0 Å². The highest BCUT2D eigenvalue weighted by Gasteiger charge is 2.24. The first kappa shape index (κ1) is 20.2. The van der Waals surface area contributed by atoms with Crippen LogP contribution in [0.2, 0.25) is 0 Å². The van der Waals surface area contributed by atoms with Gasteiger partial charge in [0.15, 0.2) is 0 Å². The van der Waals surface area contributed by atoms with E-state index in [0.717, 1.165) is 28.8 Å². The molecule has 1 aliphatic rings. The van der Waals surface area contributed by atoms with Crippen LogP contribution in [0.1, 0.15) is 49.9 Å². The van der Waals surface area contributed by atoms with Crippen molar-refractivity contribution >= 4 is 28.3 Å². The van der Waals surface area contributed by atoms with Crippen molar-refractivity contribution in [1.82, 2.24) is 10.3 Å². The van der Waals surface area contributed by atoms with E-state index in [1.807, 2.05) is 61.5 Å². The summed E-state index contributed by atoms with van der Waals surface area (Å²) in [6, 6.07) is 17.6. The number of hydrogen-bond acceptors (Lipinski definition) is 4. The number of nitrogens with zero attached hydrogens (tertiary/aromatic N) is 1. The summed E-state index contributed by atoms with van der Waals surface area (Å²) in [6.07, 6.45) is 4.65. The summed E-state index contributed by atoms with van der Waals surface area (Å²) in [5.74, 6) is 1.97. The van der Waals surface area contributed by atoms with Gasteiger partial charge >= 0.3 is 0 Å². The second kappa shape index (κ2) is 9.16. The summed E-state index contributed by atoms with van der Waals surface area (Å²) in [5, 5.41) is 7.48. The fraction of sp³-hybridized carbons (Fsp3) is 0.360. The lowest BCUT2D eigenvalue weighted by Gasteiger charge is -2.29. The average Bonchev–Trinajstić information content (AvgIpc) is 2.76. The van der Waals surface area contributed by atoms with E-state index in [1.165, 1.54) is 19.3 Å². The van der Waals surface area contributed by atoms with Gasteiger partial charge in [-0.15, -0.1) is 0 Å². The third kappa shape index (κ3) is 4.56. The summed E-state index contributed by atoms with van der Waals surface area (Å²) in [4.78, 5) is 17.9. The number of aromatic nitrogens is 1. The Morgan fingerprint density at radius 2 is 1.87 bits per heavy atom. The van der Waals surface area contributed by atoms with Crippen molar-refractivity contribution in [2.24, 2.45) is 5.92 Å². The molecule has 0 radical (unpaired) electrons. The molecule has 1 aromatic heterocycles. The topological polar surface area (TPSA) is 63.2 Å². The molecule has 0 unspecified atom stereocenters. The Labute approximate surface area is 177 Å². The Morgan fingerprint density at radius 3 is 2.63 bits per heavy atom. The molecule has 3 aromatic rings. The first-order valence-corrected chi connectivity index (χ1v) is 10.8. The largest absolute Gasteiger partial charge is 0.494 e. The van der Waals surface area contributed by atoms with E-state index < -0.39 is 0 Å². The standard InChI is InChI=1S/C25H29N3O2/c1-3-30-19-14-12-18(13-15-19)26-24-16-21(20-9-5-7-11-23(20)27-24)25(29)28-22-10-6-4-8-17(22)2/h5,7,9,11-17,22H,3-4,6,8,10H2,1-2H3,(H,26,27)(H,28,29)/t17-,22-/m0/s1. The smallest absolute Gasteiger partial charge is 0.252 e. The van der Waals surface area contributed by atoms with Crippen LogP contribution in [0.25, 0.3) is 10.9 Å². The monoisotopic (exact) mass is 403 g/mol. The highest BCUT2D eigenvalue weighted by Crippen LogP contribution is 2.27. The molecule has 5 nitrogen and oxygen atoms in total. The lowest BCUT2D eigenvalue weighted by atomic mass is 9.86. The van der Waals surface area contributed by atoms with Crippen LogP contribution in [0.3, 0.4) is 0 Å². The van der Waals surface area contributed by atoms with Crippen molar-refractivity contribution in [2.75, 3.05) is 11.9 Å². The molecular formula is C25H29N3O2. The van der Waals surface area contributed by atoms with E-state index in [1.54, 1.807) is 0 Å². The first-order valence-electron chi connectivity index (χ1n) is 10.8. The molecule has 1 heterocycles. The van der Waals surface area contributed by atoms with Gasteiger partial charge in [0, 0.05) is 17.1 Å². The van der Waals surface area contributed by atoms with E-state index in [2.05, 4.69) is 17.6 Å². The lowest BCUT2D eigenvalue weighted by Crippen LogP contribution is -2.41. The number of nitrogens with one attached hydrogen (secondary N) is 2. The predicted molar refractivity (Wildman–Crippen MR) is 122 cm³/mol. The molecule has 4 rings (SSSR count). The molecule has 5 heteroatoms. The van der Waals surface area contributed by atoms with Crippen LogP contribution >= 0.6 is 0 Å². The number of ether oxygens (including phenoxy) is 1. The summed E-state index contributed by atoms with van der Waals surface area (Å²) in [5.41, 5.74) is 2.36. The van der Waals surface area contributed by atoms with Crippen molar-refractivity contribution in [3.05, 3.63) is 60.2 Å². The summed E-state index contributed by atoms with van der Waals surface area (Å²) in [7, 11) is 0. The van der Waals surface area contributed by atoms with E-state index in [9.17, 15) is 4.79 Å². The summed E-state index contributed by atoms with van der Waals surface area (Å²) >= 11 is 0. The Hall–Kier alpha value is -3.08. The zero-order chi connectivity index (χ0) is 20.9. The molecule has 1 fully saturated rings. The number of anilines is 2. The Morgan fingerprint density at radius 1 is 1.10 bits per heavy atom. The Bertz CT molecular complexity index is 1020. The second-order valence-electron chi connectivity index (χ2n) is 8.00. The zero-order valence-corrected chi connectivity index (χ0v) is 17.7. The molecule has 30 heavy (non-hydrogen) atoms. The average molecular weight is 404 g/mol. The number of rotatable bonds is 6. The van der Waals surface area contributed by atoms with Crippen LogP contribution < -0.4 is 15.4 Å². The van der Waals surface area contributed by atoms with Crippen molar-refractivity contribution in [1.29, 1.82) is 0 Å². The van der Waals surface area contributed by atoms with Crippen LogP contribution in [0.4, 0.5) is 11.5 Å². The number of carbonyl (C=O) groups is 1. The maximum Gasteiger partial charge on any atom is 0.252 e. The van der Waals surface area contributed by atoms with Gasteiger partial charge in [-0.25, -0.2) is 4.98 Å². The van der Waals surface area contributed by atoms with Gasteiger partial charge in [0.2, 0.25) is 0 Å². The van der Waals surface area contributed by atoms with Crippen LogP contribution in [0, 0.1) is 5.92 Å². The highest BCUT2D eigenvalue weighted by molar-refractivity contribution is 6.07. The van der Waals surface area contributed by atoms with E-state index in [-0.39, 0.29) is 11.9 Å². The molecule has 0 bridgehead atoms. The number of hydrogen-bond donors (Lipinski definition) is 2. The van der Waals surface area contributed by atoms with Gasteiger partial charge in [-0.1, -0.05) is 38.0 Å². The van der Waals surface area contributed by atoms with Crippen LogP contribution in [-0.4, -0.2) is 23.5 Å². The molecule has 2 N–H and O–H groups in total. The normalized spacial score (nSPS) is 18.7. The maximum absolute atomic E-state index is 13.2. The zero-order valence-electron chi connectivity index (χ0n) is 17.7. The Balaban J connectivity index is 1.61. The quantitative estimate of drug-likeness (QED) is 0.555. The summed E-state index contributed by atoms with van der Waals surface area (Å²) in [6.45, 7) is 4.83. The summed E-state index contributed by atoms with van der Waals surface area (Å²) < 4.78 is 5.50. The molecule has 1 aliphatic carbocycles. The second-order valence-corrected chi connectivity index (χ2v) is 8.00. The van der Waals surface area contributed by atoms with Crippen molar-refractivity contribution < 1.29 is 9.53 Å². The third-order valence-corrected chi connectivity index (χ3v) is 5.83. The van der Waals surface area contributed by atoms with E-state index in [0.29, 0.717) is 23.9 Å². The minimum Gasteiger partial charge on any atom is -0.494 e. The van der Waals surface area contributed by atoms with E-state index >= 15 is 0 Å². The number of fused-ring (bicyclic) bond motifs is 1. The van der Waals surface area contributed by atoms with Gasteiger partial charge in [0.1, 0.15) is 11.6 Å². The van der Waals surface area contributed by atoms with Crippen LogP contribution in [0.15, 0.2) is 54.6 Å². The molecule has 0 aliphatic heterocycles. The van der Waals surface area contributed by atoms with Gasteiger partial charge < -0.3 is 15.4 Å². The fourth-order valence-electron chi connectivity index (χ4n) is 4.15. The van der Waals surface area contributed by atoms with Crippen molar-refractivity contribution in [3.63, 3.8) is 0 Å². The minimum absolute atomic E-state index is 0.0258. The van der Waals surface area contributed by atoms with Gasteiger partial charge in [-0.3, -0.25) is 4.79 Å². The predicted octanol–water partition coefficient (Wildman–Crippen LogP) is 5.69. The molecule has 2 aromatic carbocycles. The minimum atomic E-state index is -0.0258. The van der Waals surface area contributed by atoms with E-state index in [4.69, 9.17) is 9.72 Å². The van der Waals surface area contributed by atoms with Gasteiger partial charge in [0.05, 0.1) is 17.7 Å². The van der Waals surface area contributed by atoms with Gasteiger partial charge in [-0.05, 0) is 62.1 Å². The highest BCUT2D eigenvalue weighted by atomic mass is 16.5. The molecule has 156 valence electrons. The maximum atomic E-state index is 13.2. The SMILES string of the molecule is CCOc1ccc(Nc2cc(C(=O)N[C@H]3CCCC[C@@H]3C)c3ccccc3n2)cc1. The van der Waals surface area contributed by atoms with Crippen LogP contribution in [0.5, 0.6) is 5.75 Å². The van der Waals surface area contributed by atoms with Crippen molar-refractivity contribution in [2.45, 2.75) is 45.6 Å². The first-order chi connectivity index (χ1) is 14.6. The fourth-order valence-corrected chi connectivity index (χ4v) is 4.15. The lowest BCUT2D eigenvalue weighted by molar-refractivity contribution is 0.0912. The Kier molecular flexibility index (Phi) is 6.17. The molecule has 0 saturated heterocycles. The number of pyridine rings is 1. The number of amides is 1. The number of carbonyl (C=O) groups excluding carboxylic acids is 1. The number of benzene rings is 2.